The van der Waals surface area contributed by atoms with E-state index in [9.17, 15) is 0 Å². The summed E-state index contributed by atoms with van der Waals surface area (Å²) in [5.41, 5.74) is 0.680. The summed E-state index contributed by atoms with van der Waals surface area (Å²) in [7, 11) is 0. The van der Waals surface area contributed by atoms with Gasteiger partial charge in [0.15, 0.2) is 0 Å². The number of fused-ring (bicyclic) bond motifs is 5. The Morgan fingerprint density at radius 2 is 1.61 bits per heavy atom. The summed E-state index contributed by atoms with van der Waals surface area (Å²) in [4.78, 5) is 0.166. The molecule has 23 heavy (non-hydrogen) atoms. The van der Waals surface area contributed by atoms with Crippen LogP contribution in [-0.2, 0) is 0 Å². The molecule has 8 unspecified atom stereocenters. The van der Waals surface area contributed by atoms with Gasteiger partial charge in [-0.05, 0) is 105 Å². The third kappa shape index (κ3) is 2.37. The van der Waals surface area contributed by atoms with Gasteiger partial charge in [0.1, 0.15) is 0 Å². The topological polar surface area (TPSA) is 0 Å². The first-order valence-corrected chi connectivity index (χ1v) is 11.1. The Balaban J connectivity index is 1.63. The van der Waals surface area contributed by atoms with Crippen molar-refractivity contribution in [3.05, 3.63) is 0 Å². The van der Waals surface area contributed by atoms with Crippen LogP contribution in [0.3, 0.4) is 0 Å². The molecular formula is C22H37Cl. The summed E-state index contributed by atoms with van der Waals surface area (Å²) in [5, 5.41) is 0. The number of hydrogen-bond acceptors (Lipinski definition) is 0. The van der Waals surface area contributed by atoms with E-state index in [0.717, 1.165) is 35.5 Å². The average molecular weight is 337 g/mol. The first-order chi connectivity index (χ1) is 11.0. The molecule has 0 nitrogen and oxygen atoms in total. The van der Waals surface area contributed by atoms with Crippen LogP contribution >= 0.6 is 11.6 Å². The lowest BCUT2D eigenvalue weighted by molar-refractivity contribution is -0.0519. The van der Waals surface area contributed by atoms with Crippen LogP contribution in [0.5, 0.6) is 0 Å². The Bertz CT molecular complexity index is 445. The second-order valence-electron chi connectivity index (χ2n) is 9.90. The van der Waals surface area contributed by atoms with Crippen LogP contribution in [0.4, 0.5) is 0 Å². The molecule has 4 aliphatic rings. The van der Waals surface area contributed by atoms with Gasteiger partial charge in [0.2, 0.25) is 0 Å². The zero-order chi connectivity index (χ0) is 16.2. The van der Waals surface area contributed by atoms with Gasteiger partial charge in [0.25, 0.3) is 0 Å². The summed E-state index contributed by atoms with van der Waals surface area (Å²) < 4.78 is 0. The minimum absolute atomic E-state index is 0.166. The highest BCUT2D eigenvalue weighted by atomic mass is 35.5. The van der Waals surface area contributed by atoms with Crippen molar-refractivity contribution in [3.8, 4) is 0 Å². The standard InChI is InChI=1S/C22H37Cl/c1-4-21-13-12-20-18(19(21)10-6-16(21)3)9-8-17-7-5-15(2)11-14-22(17,20)23/h15-20H,4-14H2,1-3H3. The summed E-state index contributed by atoms with van der Waals surface area (Å²) in [5.74, 6) is 5.47. The SMILES string of the molecule is CCC12CCC3C(CCC4CCC(C)CCC43Cl)C1CCC2C. The van der Waals surface area contributed by atoms with Crippen molar-refractivity contribution in [2.75, 3.05) is 0 Å². The van der Waals surface area contributed by atoms with Crippen molar-refractivity contribution < 1.29 is 0 Å². The second-order valence-corrected chi connectivity index (χ2v) is 10.6. The van der Waals surface area contributed by atoms with Crippen LogP contribution in [0.15, 0.2) is 0 Å². The van der Waals surface area contributed by atoms with Crippen molar-refractivity contribution in [1.82, 2.24) is 0 Å². The second kappa shape index (κ2) is 5.93. The number of hydrogen-bond donors (Lipinski definition) is 0. The fourth-order valence-electron chi connectivity index (χ4n) is 7.95. The van der Waals surface area contributed by atoms with E-state index >= 15 is 0 Å². The lowest BCUT2D eigenvalue weighted by atomic mass is 9.49. The molecule has 0 aliphatic heterocycles. The van der Waals surface area contributed by atoms with E-state index in [2.05, 4.69) is 20.8 Å². The molecule has 4 rings (SSSR count). The first kappa shape index (κ1) is 16.7. The van der Waals surface area contributed by atoms with E-state index in [-0.39, 0.29) is 4.87 Å². The molecule has 0 radical (unpaired) electrons. The van der Waals surface area contributed by atoms with Gasteiger partial charge in [-0.2, -0.15) is 0 Å². The van der Waals surface area contributed by atoms with Gasteiger partial charge in [0, 0.05) is 0 Å². The first-order valence-electron chi connectivity index (χ1n) is 10.7. The Kier molecular flexibility index (Phi) is 4.31. The Morgan fingerprint density at radius 1 is 0.826 bits per heavy atom. The maximum Gasteiger partial charge on any atom is 0.0505 e. The Morgan fingerprint density at radius 3 is 2.39 bits per heavy atom. The minimum atomic E-state index is 0.166. The van der Waals surface area contributed by atoms with Gasteiger partial charge in [0.05, 0.1) is 4.87 Å². The van der Waals surface area contributed by atoms with E-state index in [1.807, 2.05) is 0 Å². The maximum absolute atomic E-state index is 7.54. The van der Waals surface area contributed by atoms with Gasteiger partial charge in [-0.25, -0.2) is 0 Å². The third-order valence-electron chi connectivity index (χ3n) is 9.42. The quantitative estimate of drug-likeness (QED) is 0.450. The monoisotopic (exact) mass is 336 g/mol. The lowest BCUT2D eigenvalue weighted by Gasteiger charge is -2.58. The molecular weight excluding hydrogens is 300 g/mol. The van der Waals surface area contributed by atoms with Crippen LogP contribution in [0.1, 0.15) is 91.4 Å². The van der Waals surface area contributed by atoms with Crippen molar-refractivity contribution >= 4 is 11.6 Å². The molecule has 4 aliphatic carbocycles. The third-order valence-corrected chi connectivity index (χ3v) is 10.2. The normalized spacial score (nSPS) is 56.3. The van der Waals surface area contributed by atoms with Gasteiger partial charge >= 0.3 is 0 Å². The van der Waals surface area contributed by atoms with Crippen molar-refractivity contribution in [2.45, 2.75) is 96.3 Å². The maximum atomic E-state index is 7.54. The molecule has 0 N–H and O–H groups in total. The fourth-order valence-corrected chi connectivity index (χ4v) is 8.55. The predicted molar refractivity (Wildman–Crippen MR) is 99.8 cm³/mol. The van der Waals surface area contributed by atoms with Crippen LogP contribution in [0, 0.1) is 40.9 Å². The summed E-state index contributed by atoms with van der Waals surface area (Å²) >= 11 is 7.54. The molecule has 0 amide bonds. The van der Waals surface area contributed by atoms with Crippen LogP contribution in [0.25, 0.3) is 0 Å². The molecule has 0 aromatic heterocycles. The molecule has 4 fully saturated rings. The summed E-state index contributed by atoms with van der Waals surface area (Å²) in [6.45, 7) is 7.49. The van der Waals surface area contributed by atoms with E-state index in [1.165, 1.54) is 70.6 Å². The smallest absolute Gasteiger partial charge is 0.0505 e. The summed E-state index contributed by atoms with van der Waals surface area (Å²) in [6.07, 6.45) is 15.8. The van der Waals surface area contributed by atoms with Gasteiger partial charge in [-0.1, -0.05) is 27.2 Å². The number of alkyl halides is 1. The number of rotatable bonds is 1. The van der Waals surface area contributed by atoms with Crippen molar-refractivity contribution in [2.24, 2.45) is 40.9 Å². The van der Waals surface area contributed by atoms with Crippen LogP contribution in [0.2, 0.25) is 0 Å². The van der Waals surface area contributed by atoms with Crippen LogP contribution in [-0.4, -0.2) is 4.87 Å². The highest BCUT2D eigenvalue weighted by Crippen LogP contribution is 2.67. The Labute approximate surface area is 149 Å². The zero-order valence-corrected chi connectivity index (χ0v) is 16.4. The highest BCUT2D eigenvalue weighted by molar-refractivity contribution is 6.24. The van der Waals surface area contributed by atoms with Crippen molar-refractivity contribution in [3.63, 3.8) is 0 Å². The largest absolute Gasteiger partial charge is 0.119 e. The molecule has 8 atom stereocenters. The molecule has 0 aromatic rings. The molecule has 1 heteroatoms. The van der Waals surface area contributed by atoms with E-state index in [1.54, 1.807) is 0 Å². The molecule has 132 valence electrons. The molecule has 0 heterocycles. The molecule has 4 saturated carbocycles. The fraction of sp³-hybridized carbons (Fsp3) is 1.00. The molecule has 0 aromatic carbocycles. The minimum Gasteiger partial charge on any atom is -0.119 e. The lowest BCUT2D eigenvalue weighted by Crippen LogP contribution is -2.54. The van der Waals surface area contributed by atoms with Gasteiger partial charge in [-0.15, -0.1) is 11.6 Å². The average Bonchev–Trinajstić information content (AvgIpc) is 2.81. The molecule has 0 bridgehead atoms. The van der Waals surface area contributed by atoms with E-state index in [4.69, 9.17) is 11.6 Å². The summed E-state index contributed by atoms with van der Waals surface area (Å²) in [6, 6.07) is 0. The van der Waals surface area contributed by atoms with Crippen molar-refractivity contribution in [1.29, 1.82) is 0 Å². The van der Waals surface area contributed by atoms with E-state index < -0.39 is 0 Å². The predicted octanol–water partition coefficient (Wildman–Crippen LogP) is 7.05. The van der Waals surface area contributed by atoms with Gasteiger partial charge < -0.3 is 0 Å². The zero-order valence-electron chi connectivity index (χ0n) is 15.6. The van der Waals surface area contributed by atoms with Crippen LogP contribution < -0.4 is 0 Å². The van der Waals surface area contributed by atoms with E-state index in [0.29, 0.717) is 5.41 Å². The number of halogens is 1. The van der Waals surface area contributed by atoms with Gasteiger partial charge in [-0.3, -0.25) is 0 Å². The molecule has 0 spiro atoms. The highest BCUT2D eigenvalue weighted by Gasteiger charge is 2.60. The molecule has 0 saturated heterocycles. The Hall–Kier alpha value is 0.290.